The molecular weight excluding hydrogens is 236 g/mol. The molecule has 1 aliphatic rings. The van der Waals surface area contributed by atoms with E-state index in [1.165, 1.54) is 31.6 Å². The van der Waals surface area contributed by atoms with Gasteiger partial charge in [0.2, 0.25) is 0 Å². The molecule has 0 N–H and O–H groups in total. The van der Waals surface area contributed by atoms with Gasteiger partial charge in [-0.05, 0) is 45.5 Å². The van der Waals surface area contributed by atoms with Crippen molar-refractivity contribution in [1.82, 2.24) is 19.4 Å². The van der Waals surface area contributed by atoms with Crippen LogP contribution in [0.25, 0.3) is 11.2 Å². The van der Waals surface area contributed by atoms with E-state index in [9.17, 15) is 0 Å². The summed E-state index contributed by atoms with van der Waals surface area (Å²) in [4.78, 5) is 11.7. The number of aromatic nitrogens is 3. The minimum atomic E-state index is 0.635. The van der Waals surface area contributed by atoms with Crippen LogP contribution < -0.4 is 0 Å². The van der Waals surface area contributed by atoms with Gasteiger partial charge in [-0.1, -0.05) is 6.42 Å². The number of pyridine rings is 1. The van der Waals surface area contributed by atoms with Gasteiger partial charge >= 0.3 is 0 Å². The molecule has 0 radical (unpaired) electrons. The van der Waals surface area contributed by atoms with E-state index in [4.69, 9.17) is 4.98 Å². The fraction of sp³-hybridized carbons (Fsp3) is 0.600. The van der Waals surface area contributed by atoms with Gasteiger partial charge in [0.1, 0.15) is 11.3 Å². The molecule has 19 heavy (non-hydrogen) atoms. The number of rotatable bonds is 3. The molecule has 0 spiro atoms. The van der Waals surface area contributed by atoms with Crippen molar-refractivity contribution in [3.05, 3.63) is 24.2 Å². The lowest BCUT2D eigenvalue weighted by Crippen LogP contribution is -2.38. The van der Waals surface area contributed by atoms with E-state index in [-0.39, 0.29) is 0 Å². The Labute approximate surface area is 114 Å². The third-order valence-corrected chi connectivity index (χ3v) is 4.24. The lowest BCUT2D eigenvalue weighted by atomic mass is 10.00. The SMILES string of the molecule is CCn1c(CC2CCCCN2C)nc2cccnc21. The Morgan fingerprint density at radius 3 is 3.05 bits per heavy atom. The number of aryl methyl sites for hydroxylation is 1. The third kappa shape index (κ3) is 2.37. The van der Waals surface area contributed by atoms with E-state index < -0.39 is 0 Å². The molecule has 1 unspecified atom stereocenters. The Balaban J connectivity index is 1.91. The Kier molecular flexibility index (Phi) is 3.51. The first-order valence-corrected chi connectivity index (χ1v) is 7.30. The van der Waals surface area contributed by atoms with Crippen LogP contribution in [0.3, 0.4) is 0 Å². The van der Waals surface area contributed by atoms with Crippen molar-refractivity contribution in [2.45, 2.75) is 45.2 Å². The number of likely N-dealkylation sites (tertiary alicyclic amines) is 1. The Bertz CT molecular complexity index is 560. The Morgan fingerprint density at radius 1 is 1.37 bits per heavy atom. The van der Waals surface area contributed by atoms with E-state index in [2.05, 4.69) is 34.5 Å². The summed E-state index contributed by atoms with van der Waals surface area (Å²) in [6.07, 6.45) is 6.86. The summed E-state index contributed by atoms with van der Waals surface area (Å²) in [6.45, 7) is 4.33. The van der Waals surface area contributed by atoms with Crippen molar-refractivity contribution < 1.29 is 0 Å². The molecule has 0 saturated carbocycles. The monoisotopic (exact) mass is 258 g/mol. The van der Waals surface area contributed by atoms with Crippen LogP contribution in [0.15, 0.2) is 18.3 Å². The fourth-order valence-corrected chi connectivity index (χ4v) is 3.11. The molecule has 1 fully saturated rings. The average molecular weight is 258 g/mol. The van der Waals surface area contributed by atoms with Gasteiger partial charge in [0.05, 0.1) is 0 Å². The molecule has 4 heteroatoms. The van der Waals surface area contributed by atoms with E-state index >= 15 is 0 Å². The average Bonchev–Trinajstić information content (AvgIpc) is 2.78. The molecule has 0 aromatic carbocycles. The minimum Gasteiger partial charge on any atom is -0.313 e. The van der Waals surface area contributed by atoms with Crippen LogP contribution in [-0.4, -0.2) is 39.1 Å². The molecule has 4 nitrogen and oxygen atoms in total. The van der Waals surface area contributed by atoms with Crippen molar-refractivity contribution in [1.29, 1.82) is 0 Å². The topological polar surface area (TPSA) is 34.0 Å². The second-order valence-corrected chi connectivity index (χ2v) is 5.45. The van der Waals surface area contributed by atoms with E-state index in [1.807, 2.05) is 12.3 Å². The summed E-state index contributed by atoms with van der Waals surface area (Å²) in [5.74, 6) is 1.19. The van der Waals surface area contributed by atoms with Crippen LogP contribution in [0.5, 0.6) is 0 Å². The summed E-state index contributed by atoms with van der Waals surface area (Å²) < 4.78 is 2.26. The number of hydrogen-bond donors (Lipinski definition) is 0. The molecule has 0 bridgehead atoms. The lowest BCUT2D eigenvalue weighted by molar-refractivity contribution is 0.182. The normalized spacial score (nSPS) is 21.1. The second-order valence-electron chi connectivity index (χ2n) is 5.45. The zero-order valence-electron chi connectivity index (χ0n) is 11.8. The van der Waals surface area contributed by atoms with Gasteiger partial charge in [-0.3, -0.25) is 0 Å². The summed E-state index contributed by atoms with van der Waals surface area (Å²) in [5, 5.41) is 0. The number of fused-ring (bicyclic) bond motifs is 1. The van der Waals surface area contributed by atoms with Crippen molar-refractivity contribution in [2.75, 3.05) is 13.6 Å². The summed E-state index contributed by atoms with van der Waals surface area (Å²) in [5.41, 5.74) is 2.05. The number of nitrogens with zero attached hydrogens (tertiary/aromatic N) is 4. The first kappa shape index (κ1) is 12.6. The van der Waals surface area contributed by atoms with Gasteiger partial charge < -0.3 is 9.47 Å². The highest BCUT2D eigenvalue weighted by Gasteiger charge is 2.22. The first-order chi connectivity index (χ1) is 9.29. The minimum absolute atomic E-state index is 0.635. The summed E-state index contributed by atoms with van der Waals surface area (Å²) in [6, 6.07) is 4.66. The maximum absolute atomic E-state index is 4.79. The van der Waals surface area contributed by atoms with Crippen molar-refractivity contribution in [2.24, 2.45) is 0 Å². The highest BCUT2D eigenvalue weighted by molar-refractivity contribution is 5.71. The standard InChI is InChI=1S/C15H22N4/c1-3-19-14(11-12-7-4-5-10-18(12)2)17-13-8-6-9-16-15(13)19/h6,8-9,12H,3-5,7,10-11H2,1-2H3. The summed E-state index contributed by atoms with van der Waals surface area (Å²) >= 11 is 0. The third-order valence-electron chi connectivity index (χ3n) is 4.24. The van der Waals surface area contributed by atoms with Gasteiger partial charge in [0.15, 0.2) is 5.65 Å². The van der Waals surface area contributed by atoms with Crippen molar-refractivity contribution >= 4 is 11.2 Å². The number of likely N-dealkylation sites (N-methyl/N-ethyl adjacent to an activating group) is 1. The molecular formula is C15H22N4. The molecule has 102 valence electrons. The molecule has 3 heterocycles. The summed E-state index contributed by atoms with van der Waals surface area (Å²) in [7, 11) is 2.24. The lowest BCUT2D eigenvalue weighted by Gasteiger charge is -2.32. The van der Waals surface area contributed by atoms with Gasteiger partial charge in [-0.25, -0.2) is 9.97 Å². The zero-order valence-corrected chi connectivity index (χ0v) is 11.8. The van der Waals surface area contributed by atoms with E-state index in [0.29, 0.717) is 6.04 Å². The van der Waals surface area contributed by atoms with Gasteiger partial charge in [0.25, 0.3) is 0 Å². The molecule has 1 saturated heterocycles. The largest absolute Gasteiger partial charge is 0.313 e. The molecule has 1 atom stereocenters. The van der Waals surface area contributed by atoms with Crippen LogP contribution >= 0.6 is 0 Å². The van der Waals surface area contributed by atoms with Gasteiger partial charge in [-0.15, -0.1) is 0 Å². The number of imidazole rings is 1. The number of piperidine rings is 1. The van der Waals surface area contributed by atoms with Crippen molar-refractivity contribution in [3.8, 4) is 0 Å². The molecule has 0 aliphatic carbocycles. The fourth-order valence-electron chi connectivity index (χ4n) is 3.11. The predicted octanol–water partition coefficient (Wildman–Crippen LogP) is 2.48. The van der Waals surface area contributed by atoms with Crippen LogP contribution in [-0.2, 0) is 13.0 Å². The molecule has 3 rings (SSSR count). The van der Waals surface area contributed by atoms with Crippen LogP contribution in [0.1, 0.15) is 32.0 Å². The highest BCUT2D eigenvalue weighted by Crippen LogP contribution is 2.21. The molecule has 0 amide bonds. The Hall–Kier alpha value is -1.42. The number of hydrogen-bond acceptors (Lipinski definition) is 3. The molecule has 2 aromatic heterocycles. The van der Waals surface area contributed by atoms with Crippen LogP contribution in [0.2, 0.25) is 0 Å². The predicted molar refractivity (Wildman–Crippen MR) is 77.2 cm³/mol. The van der Waals surface area contributed by atoms with E-state index in [0.717, 1.165) is 24.1 Å². The molecule has 2 aromatic rings. The zero-order chi connectivity index (χ0) is 13.2. The second kappa shape index (κ2) is 5.29. The van der Waals surface area contributed by atoms with Crippen molar-refractivity contribution in [3.63, 3.8) is 0 Å². The van der Waals surface area contributed by atoms with Gasteiger partial charge in [0, 0.05) is 25.2 Å². The van der Waals surface area contributed by atoms with Crippen LogP contribution in [0.4, 0.5) is 0 Å². The first-order valence-electron chi connectivity index (χ1n) is 7.30. The molecule has 1 aliphatic heterocycles. The maximum Gasteiger partial charge on any atom is 0.159 e. The van der Waals surface area contributed by atoms with Crippen LogP contribution in [0, 0.1) is 0 Å². The maximum atomic E-state index is 4.79. The Morgan fingerprint density at radius 2 is 2.26 bits per heavy atom. The van der Waals surface area contributed by atoms with E-state index in [1.54, 1.807) is 0 Å². The highest BCUT2D eigenvalue weighted by atomic mass is 15.2. The van der Waals surface area contributed by atoms with Gasteiger partial charge in [-0.2, -0.15) is 0 Å². The smallest absolute Gasteiger partial charge is 0.159 e. The quantitative estimate of drug-likeness (QED) is 0.848.